The summed E-state index contributed by atoms with van der Waals surface area (Å²) in [5.74, 6) is -0.237. The summed E-state index contributed by atoms with van der Waals surface area (Å²) in [7, 11) is 0. The predicted octanol–water partition coefficient (Wildman–Crippen LogP) is 11.8. The molecule has 3 heterocycles. The Morgan fingerprint density at radius 1 is 0.383 bits per heavy atom. The zero-order valence-corrected chi connectivity index (χ0v) is 59.0. The van der Waals surface area contributed by atoms with E-state index in [0.717, 1.165) is 51.4 Å². The first-order chi connectivity index (χ1) is 45.8. The van der Waals surface area contributed by atoms with Gasteiger partial charge in [0.15, 0.2) is 18.9 Å². The largest absolute Gasteiger partial charge is 0.394 e. The number of hydrogen-bond donors (Lipinski definition) is 12. The number of nitrogens with one attached hydrogen (secondary N) is 1. The van der Waals surface area contributed by atoms with Crippen LogP contribution in [0.2, 0.25) is 0 Å². The van der Waals surface area contributed by atoms with Gasteiger partial charge in [0, 0.05) is 6.42 Å². The Morgan fingerprint density at radius 2 is 0.702 bits per heavy atom. The fourth-order valence-electron chi connectivity index (χ4n) is 13.3. The number of aliphatic hydroxyl groups excluding tert-OH is 11. The fraction of sp³-hybridized carbons (Fsp3) is 0.933. The van der Waals surface area contributed by atoms with Crippen molar-refractivity contribution in [3.63, 3.8) is 0 Å². The molecule has 3 aliphatic rings. The monoisotopic (exact) mass is 1340 g/mol. The first-order valence-corrected chi connectivity index (χ1v) is 38.6. The highest BCUT2D eigenvalue weighted by molar-refractivity contribution is 5.76. The Kier molecular flexibility index (Phi) is 52.4. The molecule has 17 unspecified atom stereocenters. The maximum absolute atomic E-state index is 13.5. The molecule has 19 heteroatoms. The lowest BCUT2D eigenvalue weighted by Gasteiger charge is -2.48. The molecule has 0 radical (unpaired) electrons. The van der Waals surface area contributed by atoms with Gasteiger partial charge in [0.25, 0.3) is 0 Å². The van der Waals surface area contributed by atoms with E-state index in [0.29, 0.717) is 12.8 Å². The molecular weight excluding hydrogens is 1200 g/mol. The van der Waals surface area contributed by atoms with Crippen LogP contribution in [0.25, 0.3) is 0 Å². The maximum atomic E-state index is 13.5. The summed E-state index contributed by atoms with van der Waals surface area (Å²) < 4.78 is 34.5. The van der Waals surface area contributed by atoms with Gasteiger partial charge in [0.1, 0.15) is 73.2 Å². The standard InChI is InChI=1S/C75H141NO18/c1-3-5-7-9-11-13-15-17-19-21-23-25-26-27-28-29-30-31-32-33-35-37-39-41-43-45-47-49-51-53-63(81)76-58(59(80)52-50-48-46-44-42-40-38-36-34-24-22-20-18-16-14-12-10-8-6-4-2)57-89-73-69(87)66(84)71(61(55-78)91-73)94-75-70(88)67(85)72(62(56-79)92-75)93-74-68(86)65(83)64(82)60(54-77)90-74/h15,17,21,23,58-62,64-75,77-80,82-88H,3-14,16,18-20,22,24-57H2,1-2H3,(H,76,81)/b17-15-,23-21-. The van der Waals surface area contributed by atoms with Crippen LogP contribution < -0.4 is 5.32 Å². The van der Waals surface area contributed by atoms with E-state index in [2.05, 4.69) is 43.5 Å². The number of aliphatic hydroxyl groups is 11. The van der Waals surface area contributed by atoms with Crippen molar-refractivity contribution in [2.24, 2.45) is 0 Å². The quantitative estimate of drug-likeness (QED) is 0.0199. The van der Waals surface area contributed by atoms with Crippen LogP contribution in [0.3, 0.4) is 0 Å². The number of hydrogen-bond acceptors (Lipinski definition) is 18. The average Bonchev–Trinajstić information content (AvgIpc) is 0.787. The molecule has 17 atom stereocenters. The Bertz CT molecular complexity index is 1800. The topological polar surface area (TPSA) is 307 Å². The summed E-state index contributed by atoms with van der Waals surface area (Å²) in [5.41, 5.74) is 0. The van der Waals surface area contributed by atoms with E-state index >= 15 is 0 Å². The van der Waals surface area contributed by atoms with Crippen LogP contribution in [-0.4, -0.2) is 193 Å². The molecule has 19 nitrogen and oxygen atoms in total. The van der Waals surface area contributed by atoms with Crippen molar-refractivity contribution in [3.8, 4) is 0 Å². The van der Waals surface area contributed by atoms with Crippen molar-refractivity contribution in [2.45, 2.75) is 420 Å². The van der Waals surface area contributed by atoms with E-state index in [4.69, 9.17) is 28.4 Å². The Hall–Kier alpha value is -1.73. The molecule has 0 aromatic rings. The van der Waals surface area contributed by atoms with Crippen molar-refractivity contribution in [3.05, 3.63) is 24.3 Å². The van der Waals surface area contributed by atoms with Crippen molar-refractivity contribution in [2.75, 3.05) is 26.4 Å². The minimum absolute atomic E-state index is 0.237. The van der Waals surface area contributed by atoms with Crippen molar-refractivity contribution >= 4 is 5.91 Å². The van der Waals surface area contributed by atoms with Gasteiger partial charge in [-0.25, -0.2) is 0 Å². The second-order valence-corrected chi connectivity index (χ2v) is 27.8. The molecule has 0 bridgehead atoms. The zero-order valence-electron chi connectivity index (χ0n) is 59.0. The van der Waals surface area contributed by atoms with Gasteiger partial charge in [-0.05, 0) is 44.9 Å². The van der Waals surface area contributed by atoms with Crippen LogP contribution in [-0.2, 0) is 33.2 Å². The smallest absolute Gasteiger partial charge is 0.220 e. The highest BCUT2D eigenvalue weighted by atomic mass is 16.8. The molecule has 3 aliphatic heterocycles. The van der Waals surface area contributed by atoms with Crippen LogP contribution in [0, 0.1) is 0 Å². The molecule has 94 heavy (non-hydrogen) atoms. The summed E-state index contributed by atoms with van der Waals surface area (Å²) in [4.78, 5) is 13.5. The summed E-state index contributed by atoms with van der Waals surface area (Å²) in [5, 5.41) is 121. The molecule has 0 saturated carbocycles. The lowest BCUT2D eigenvalue weighted by molar-refractivity contribution is -0.379. The molecule has 1 amide bonds. The molecule has 3 fully saturated rings. The number of rotatable bonds is 61. The lowest BCUT2D eigenvalue weighted by atomic mass is 9.96. The van der Waals surface area contributed by atoms with E-state index in [1.807, 2.05) is 0 Å². The van der Waals surface area contributed by atoms with Gasteiger partial charge >= 0.3 is 0 Å². The highest BCUT2D eigenvalue weighted by Gasteiger charge is 2.53. The molecule has 0 aromatic carbocycles. The molecule has 3 rings (SSSR count). The summed E-state index contributed by atoms with van der Waals surface area (Å²) >= 11 is 0. The number of ether oxygens (including phenoxy) is 6. The number of allylic oxidation sites excluding steroid dienone is 4. The third-order valence-corrected chi connectivity index (χ3v) is 19.5. The van der Waals surface area contributed by atoms with Gasteiger partial charge in [0.05, 0.1) is 38.6 Å². The van der Waals surface area contributed by atoms with E-state index in [1.165, 1.54) is 231 Å². The molecular formula is C75H141NO18. The SMILES string of the molecule is CCCCCCC/C=C\C/C=C\CCCCCCCCCCCCCCCCCCCC(=O)NC(COC1OC(CO)C(OC2OC(CO)C(OC3OC(CO)C(O)C(O)C3O)C(O)C2O)C(O)C1O)C(O)CCCCCCCCCCCCCCCCCCCCCC. The van der Waals surface area contributed by atoms with Gasteiger partial charge in [0.2, 0.25) is 5.91 Å². The molecule has 0 spiro atoms. The van der Waals surface area contributed by atoms with Crippen LogP contribution in [0.15, 0.2) is 24.3 Å². The number of amides is 1. The zero-order chi connectivity index (χ0) is 68.2. The molecule has 12 N–H and O–H groups in total. The Balaban J connectivity index is 1.38. The van der Waals surface area contributed by atoms with Crippen molar-refractivity contribution < 1.29 is 89.4 Å². The van der Waals surface area contributed by atoms with Gasteiger partial charge in [-0.15, -0.1) is 0 Å². The minimum atomic E-state index is -1.97. The molecule has 3 saturated heterocycles. The predicted molar refractivity (Wildman–Crippen MR) is 370 cm³/mol. The third-order valence-electron chi connectivity index (χ3n) is 19.5. The first kappa shape index (κ1) is 86.5. The maximum Gasteiger partial charge on any atom is 0.220 e. The molecule has 554 valence electrons. The van der Waals surface area contributed by atoms with Crippen LogP contribution in [0.5, 0.6) is 0 Å². The minimum Gasteiger partial charge on any atom is -0.394 e. The van der Waals surface area contributed by atoms with Gasteiger partial charge in [-0.3, -0.25) is 4.79 Å². The van der Waals surface area contributed by atoms with Gasteiger partial charge in [-0.1, -0.05) is 289 Å². The fourth-order valence-corrected chi connectivity index (χ4v) is 13.3. The van der Waals surface area contributed by atoms with Crippen molar-refractivity contribution in [1.29, 1.82) is 0 Å². The number of carbonyl (C=O) groups is 1. The normalized spacial score (nSPS) is 27.4. The number of carbonyl (C=O) groups excluding carboxylic acids is 1. The first-order valence-electron chi connectivity index (χ1n) is 38.6. The highest BCUT2D eigenvalue weighted by Crippen LogP contribution is 2.33. The molecule has 0 aliphatic carbocycles. The van der Waals surface area contributed by atoms with Crippen LogP contribution in [0.1, 0.15) is 316 Å². The van der Waals surface area contributed by atoms with Gasteiger partial charge in [-0.2, -0.15) is 0 Å². The van der Waals surface area contributed by atoms with Gasteiger partial charge < -0.3 is 89.9 Å². The van der Waals surface area contributed by atoms with Crippen LogP contribution >= 0.6 is 0 Å². The summed E-state index contributed by atoms with van der Waals surface area (Å²) in [6.45, 7) is 1.84. The second kappa shape index (κ2) is 57.0. The Morgan fingerprint density at radius 3 is 1.09 bits per heavy atom. The van der Waals surface area contributed by atoms with Crippen molar-refractivity contribution in [1.82, 2.24) is 5.32 Å². The van der Waals surface area contributed by atoms with E-state index in [9.17, 15) is 61.0 Å². The molecule has 0 aromatic heterocycles. The lowest BCUT2D eigenvalue weighted by Crippen LogP contribution is -2.66. The summed E-state index contributed by atoms with van der Waals surface area (Å²) in [6.07, 6.45) is 39.7. The third kappa shape index (κ3) is 37.6. The summed E-state index contributed by atoms with van der Waals surface area (Å²) in [6, 6.07) is -0.886. The van der Waals surface area contributed by atoms with Crippen LogP contribution in [0.4, 0.5) is 0 Å². The van der Waals surface area contributed by atoms with E-state index in [-0.39, 0.29) is 18.9 Å². The van der Waals surface area contributed by atoms with E-state index < -0.39 is 124 Å². The second-order valence-electron chi connectivity index (χ2n) is 27.8. The Labute approximate surface area is 568 Å². The van der Waals surface area contributed by atoms with E-state index in [1.54, 1.807) is 0 Å². The average molecular weight is 1340 g/mol. The number of unbranched alkanes of at least 4 members (excludes halogenated alkanes) is 41.